The van der Waals surface area contributed by atoms with E-state index in [0.717, 1.165) is 62.5 Å². The molecule has 0 aliphatic heterocycles. The first-order chi connectivity index (χ1) is 27.0. The lowest BCUT2D eigenvalue weighted by atomic mass is 9.99. The number of rotatable bonds is 22. The molecule has 4 aromatic carbocycles. The Labute approximate surface area is 325 Å². The predicted octanol–water partition coefficient (Wildman–Crippen LogP) is 10.4. The van der Waals surface area contributed by atoms with Gasteiger partial charge < -0.3 is 34.0 Å². The van der Waals surface area contributed by atoms with Crippen molar-refractivity contribution in [1.82, 2.24) is 10.6 Å². The smallest absolute Gasteiger partial charge is 0.256 e. The minimum atomic E-state index is -0.393. The zero-order valence-corrected chi connectivity index (χ0v) is 32.6. The van der Waals surface area contributed by atoms with Crippen LogP contribution in [0.4, 0.5) is 0 Å². The lowest BCUT2D eigenvalue weighted by molar-refractivity contribution is 0.0920. The number of methoxy groups -OCH3 is 2. The molecule has 0 aliphatic rings. The summed E-state index contributed by atoms with van der Waals surface area (Å²) in [5.74, 6) is 1.68. The molecule has 1 heterocycles. The Bertz CT molecular complexity index is 1820. The molecule has 5 aromatic rings. The monoisotopic (exact) mass is 746 g/mol. The van der Waals surface area contributed by atoms with Gasteiger partial charge in [0.2, 0.25) is 0 Å². The van der Waals surface area contributed by atoms with Crippen molar-refractivity contribution in [2.75, 3.05) is 27.3 Å². The van der Waals surface area contributed by atoms with E-state index >= 15 is 0 Å². The van der Waals surface area contributed by atoms with Gasteiger partial charge in [-0.1, -0.05) is 113 Å². The highest BCUT2D eigenvalue weighted by atomic mass is 16.5. The summed E-state index contributed by atoms with van der Waals surface area (Å²) in [7, 11) is 3.13. The maximum Gasteiger partial charge on any atom is 0.256 e. The summed E-state index contributed by atoms with van der Waals surface area (Å²) in [6.45, 7) is 5.93. The second-order valence-electron chi connectivity index (χ2n) is 13.4. The van der Waals surface area contributed by atoms with Crippen molar-refractivity contribution in [3.8, 4) is 45.6 Å². The average molecular weight is 747 g/mol. The number of furan rings is 1. The number of amides is 2. The Hall–Kier alpha value is -5.70. The van der Waals surface area contributed by atoms with Gasteiger partial charge in [-0.15, -0.1) is 0 Å². The van der Waals surface area contributed by atoms with Crippen LogP contribution < -0.4 is 29.6 Å². The average Bonchev–Trinajstić information content (AvgIpc) is 3.63. The van der Waals surface area contributed by atoms with Crippen LogP contribution >= 0.6 is 0 Å². The van der Waals surface area contributed by atoms with E-state index in [1.807, 2.05) is 72.8 Å². The van der Waals surface area contributed by atoms with Crippen LogP contribution in [0.2, 0.25) is 0 Å². The Balaban J connectivity index is 1.58. The molecule has 0 aliphatic carbocycles. The number of unbranched alkanes of at least 4 members (excludes halogenated alkanes) is 6. The maximum atomic E-state index is 14.3. The summed E-state index contributed by atoms with van der Waals surface area (Å²) in [6.07, 6.45) is 7.94. The number of carbonyl (C=O) groups is 2. The molecule has 2 amide bonds. The highest BCUT2D eigenvalue weighted by Gasteiger charge is 2.32. The fourth-order valence-electron chi connectivity index (χ4n) is 6.28. The fraction of sp³-hybridized carbons (Fsp3) is 0.348. The van der Waals surface area contributed by atoms with E-state index in [1.54, 1.807) is 38.5 Å². The normalized spacial score (nSPS) is 10.8. The largest absolute Gasteiger partial charge is 0.493 e. The molecule has 0 atom stereocenters. The molecule has 0 bridgehead atoms. The molecule has 9 heteroatoms. The van der Waals surface area contributed by atoms with Crippen LogP contribution in [0.15, 0.2) is 101 Å². The molecule has 0 saturated heterocycles. The molecule has 290 valence electrons. The van der Waals surface area contributed by atoms with Crippen LogP contribution in [0, 0.1) is 0 Å². The molecule has 5 rings (SSSR count). The molecular weight excluding hydrogens is 693 g/mol. The predicted molar refractivity (Wildman–Crippen MR) is 217 cm³/mol. The van der Waals surface area contributed by atoms with E-state index in [-0.39, 0.29) is 22.6 Å². The van der Waals surface area contributed by atoms with Gasteiger partial charge in [-0.2, -0.15) is 0 Å². The zero-order chi connectivity index (χ0) is 38.8. The number of hydrogen-bond acceptors (Lipinski definition) is 7. The SMILES string of the molecule is CCCCCCNC(=O)c1c(-c2ccc(OCc3ccccc3)c(OC)c2)oc(-c2ccc(OCc3ccccc3)c(OC)c2)c1C(=O)NCCCCCC. The van der Waals surface area contributed by atoms with Gasteiger partial charge in [0, 0.05) is 24.2 Å². The molecule has 0 unspecified atom stereocenters. The number of ether oxygens (including phenoxy) is 4. The molecule has 0 radical (unpaired) electrons. The first-order valence-corrected chi connectivity index (χ1v) is 19.4. The Morgan fingerprint density at radius 2 is 0.945 bits per heavy atom. The van der Waals surface area contributed by atoms with E-state index in [1.165, 1.54) is 0 Å². The lowest BCUT2D eigenvalue weighted by Crippen LogP contribution is -2.30. The number of benzene rings is 4. The summed E-state index contributed by atoms with van der Waals surface area (Å²) in [6, 6.07) is 30.5. The summed E-state index contributed by atoms with van der Waals surface area (Å²) in [5.41, 5.74) is 3.44. The zero-order valence-electron chi connectivity index (χ0n) is 32.6. The van der Waals surface area contributed by atoms with Crippen molar-refractivity contribution in [2.45, 2.75) is 78.4 Å². The number of nitrogens with one attached hydrogen (secondary N) is 2. The molecule has 55 heavy (non-hydrogen) atoms. The minimum Gasteiger partial charge on any atom is -0.493 e. The highest BCUT2D eigenvalue weighted by molar-refractivity contribution is 6.14. The number of carbonyl (C=O) groups excluding carboxylic acids is 2. The summed E-state index contributed by atoms with van der Waals surface area (Å²) >= 11 is 0. The van der Waals surface area contributed by atoms with E-state index in [9.17, 15) is 9.59 Å². The second-order valence-corrected chi connectivity index (χ2v) is 13.4. The topological polar surface area (TPSA) is 108 Å². The molecule has 0 fully saturated rings. The van der Waals surface area contributed by atoms with Crippen LogP contribution in [-0.4, -0.2) is 39.1 Å². The van der Waals surface area contributed by atoms with Crippen LogP contribution in [0.1, 0.15) is 97.1 Å². The fourth-order valence-corrected chi connectivity index (χ4v) is 6.28. The van der Waals surface area contributed by atoms with Crippen LogP contribution in [0.3, 0.4) is 0 Å². The van der Waals surface area contributed by atoms with Crippen molar-refractivity contribution in [1.29, 1.82) is 0 Å². The quantitative estimate of drug-likeness (QED) is 0.0679. The molecule has 0 spiro atoms. The van der Waals surface area contributed by atoms with Gasteiger partial charge in [-0.3, -0.25) is 9.59 Å². The second kappa shape index (κ2) is 21.3. The third-order valence-corrected chi connectivity index (χ3v) is 9.32. The third-order valence-electron chi connectivity index (χ3n) is 9.32. The van der Waals surface area contributed by atoms with E-state index in [2.05, 4.69) is 24.5 Å². The van der Waals surface area contributed by atoms with E-state index < -0.39 is 11.8 Å². The highest BCUT2D eigenvalue weighted by Crippen LogP contribution is 2.42. The van der Waals surface area contributed by atoms with Gasteiger partial charge in [0.15, 0.2) is 23.0 Å². The Morgan fingerprint density at radius 3 is 1.33 bits per heavy atom. The van der Waals surface area contributed by atoms with Gasteiger partial charge in [-0.05, 0) is 60.4 Å². The molecular formula is C46H54N2O7. The van der Waals surface area contributed by atoms with Crippen molar-refractivity contribution in [3.05, 3.63) is 119 Å². The van der Waals surface area contributed by atoms with Crippen molar-refractivity contribution in [2.24, 2.45) is 0 Å². The molecule has 0 saturated carbocycles. The van der Waals surface area contributed by atoms with Crippen LogP contribution in [0.25, 0.3) is 22.6 Å². The lowest BCUT2D eigenvalue weighted by Gasteiger charge is -2.13. The summed E-state index contributed by atoms with van der Waals surface area (Å²) < 4.78 is 30.5. The van der Waals surface area contributed by atoms with Crippen LogP contribution in [0.5, 0.6) is 23.0 Å². The molecule has 9 nitrogen and oxygen atoms in total. The van der Waals surface area contributed by atoms with Gasteiger partial charge in [0.05, 0.1) is 25.3 Å². The third kappa shape index (κ3) is 11.2. The molecule has 1 aromatic heterocycles. The summed E-state index contributed by atoms with van der Waals surface area (Å²) in [4.78, 5) is 28.6. The van der Waals surface area contributed by atoms with E-state index in [4.69, 9.17) is 23.4 Å². The van der Waals surface area contributed by atoms with Crippen molar-refractivity contribution < 1.29 is 33.0 Å². The first kappa shape index (κ1) is 40.5. The first-order valence-electron chi connectivity index (χ1n) is 19.4. The number of hydrogen-bond donors (Lipinski definition) is 2. The van der Waals surface area contributed by atoms with Gasteiger partial charge in [0.1, 0.15) is 24.7 Å². The standard InChI is InChI=1S/C46H54N2O7/c1-5-7-9-17-27-47-45(49)41-42(46(50)48-28-18-10-8-6-2)44(36-24-26-38(40(30-36)52-4)54-32-34-21-15-12-16-22-34)55-43(41)35-23-25-37(39(29-35)51-3)53-31-33-19-13-11-14-20-33/h11-16,19-26,29-30H,5-10,17-18,27-28,31-32H2,1-4H3,(H,47,49)(H,48,50). The van der Waals surface area contributed by atoms with Gasteiger partial charge >= 0.3 is 0 Å². The van der Waals surface area contributed by atoms with Gasteiger partial charge in [0.25, 0.3) is 11.8 Å². The van der Waals surface area contributed by atoms with Crippen molar-refractivity contribution >= 4 is 11.8 Å². The van der Waals surface area contributed by atoms with E-state index in [0.29, 0.717) is 60.4 Å². The van der Waals surface area contributed by atoms with Gasteiger partial charge in [-0.25, -0.2) is 0 Å². The van der Waals surface area contributed by atoms with Crippen molar-refractivity contribution in [3.63, 3.8) is 0 Å². The summed E-state index contributed by atoms with van der Waals surface area (Å²) in [5, 5.41) is 6.15. The Kier molecular flexibility index (Phi) is 15.6. The minimum absolute atomic E-state index is 0.153. The Morgan fingerprint density at radius 1 is 0.527 bits per heavy atom. The molecule has 2 N–H and O–H groups in total. The maximum absolute atomic E-state index is 14.3. The van der Waals surface area contributed by atoms with Crippen LogP contribution in [-0.2, 0) is 13.2 Å².